The molecule has 22 heavy (non-hydrogen) atoms. The van der Waals surface area contributed by atoms with Crippen molar-refractivity contribution in [2.24, 2.45) is 0 Å². The van der Waals surface area contributed by atoms with Gasteiger partial charge in [0.25, 0.3) is 5.91 Å². The molecule has 0 aliphatic carbocycles. The van der Waals surface area contributed by atoms with Crippen LogP contribution in [0.4, 0.5) is 0 Å². The number of benzene rings is 2. The van der Waals surface area contributed by atoms with Crippen LogP contribution in [0.2, 0.25) is 0 Å². The Kier molecular flexibility index (Phi) is 4.20. The van der Waals surface area contributed by atoms with Crippen molar-refractivity contribution in [1.29, 1.82) is 0 Å². The Morgan fingerprint density at radius 1 is 1.14 bits per heavy atom. The normalized spacial score (nSPS) is 10.8. The van der Waals surface area contributed by atoms with Crippen LogP contribution in [0, 0.1) is 13.8 Å². The molecule has 0 radical (unpaired) electrons. The molecule has 0 bridgehead atoms. The van der Waals surface area contributed by atoms with E-state index >= 15 is 0 Å². The van der Waals surface area contributed by atoms with Crippen LogP contribution in [0.1, 0.15) is 26.5 Å². The Hall–Kier alpha value is -2.20. The lowest BCUT2D eigenvalue weighted by molar-refractivity contribution is 0.0954. The summed E-state index contributed by atoms with van der Waals surface area (Å²) in [6.07, 6.45) is 0.760. The maximum Gasteiger partial charge on any atom is 0.251 e. The number of fused-ring (bicyclic) bond motifs is 1. The lowest BCUT2D eigenvalue weighted by atomic mass is 10.1. The van der Waals surface area contributed by atoms with E-state index in [1.54, 1.807) is 11.3 Å². The van der Waals surface area contributed by atoms with Crippen molar-refractivity contribution in [1.82, 2.24) is 10.3 Å². The molecule has 112 valence electrons. The summed E-state index contributed by atoms with van der Waals surface area (Å²) in [5, 5.41) is 4.02. The minimum Gasteiger partial charge on any atom is -0.352 e. The molecule has 0 aliphatic heterocycles. The third-order valence-corrected chi connectivity index (χ3v) is 4.83. The van der Waals surface area contributed by atoms with Crippen molar-refractivity contribution < 1.29 is 4.79 Å². The fraction of sp³-hybridized carbons (Fsp3) is 0.222. The first-order chi connectivity index (χ1) is 10.6. The number of nitrogens with zero attached hydrogens (tertiary/aromatic N) is 1. The molecule has 0 fully saturated rings. The van der Waals surface area contributed by atoms with E-state index in [1.807, 2.05) is 50.2 Å². The molecule has 3 rings (SSSR count). The number of nitrogens with one attached hydrogen (secondary N) is 1. The standard InChI is InChI=1S/C18H18N2OS/c1-12-7-8-14(11-13(12)2)18(21)19-10-9-17-20-15-5-3-4-6-16(15)22-17/h3-8,11H,9-10H2,1-2H3,(H,19,21). The molecule has 1 aromatic heterocycles. The van der Waals surface area contributed by atoms with Crippen LogP contribution < -0.4 is 5.32 Å². The van der Waals surface area contributed by atoms with Crippen molar-refractivity contribution in [3.8, 4) is 0 Å². The van der Waals surface area contributed by atoms with E-state index < -0.39 is 0 Å². The number of hydrogen-bond acceptors (Lipinski definition) is 3. The predicted molar refractivity (Wildman–Crippen MR) is 91.6 cm³/mol. The van der Waals surface area contributed by atoms with Crippen LogP contribution in [-0.4, -0.2) is 17.4 Å². The topological polar surface area (TPSA) is 42.0 Å². The predicted octanol–water partition coefficient (Wildman–Crippen LogP) is 3.89. The van der Waals surface area contributed by atoms with Crippen LogP contribution in [0.25, 0.3) is 10.2 Å². The van der Waals surface area contributed by atoms with Crippen molar-refractivity contribution in [3.63, 3.8) is 0 Å². The smallest absolute Gasteiger partial charge is 0.251 e. The van der Waals surface area contributed by atoms with Crippen LogP contribution >= 0.6 is 11.3 Å². The molecule has 1 N–H and O–H groups in total. The van der Waals surface area contributed by atoms with Gasteiger partial charge in [-0.15, -0.1) is 11.3 Å². The minimum absolute atomic E-state index is 0.0239. The van der Waals surface area contributed by atoms with E-state index in [4.69, 9.17) is 0 Å². The van der Waals surface area contributed by atoms with Gasteiger partial charge in [-0.3, -0.25) is 4.79 Å². The summed E-state index contributed by atoms with van der Waals surface area (Å²) in [7, 11) is 0. The molecule has 0 unspecified atom stereocenters. The number of para-hydroxylation sites is 1. The summed E-state index contributed by atoms with van der Waals surface area (Å²) in [6.45, 7) is 4.67. The molecule has 0 saturated carbocycles. The van der Waals surface area contributed by atoms with Crippen molar-refractivity contribution in [3.05, 3.63) is 64.2 Å². The molecule has 0 aliphatic rings. The van der Waals surface area contributed by atoms with Gasteiger partial charge in [-0.25, -0.2) is 4.98 Å². The fourth-order valence-electron chi connectivity index (χ4n) is 2.29. The van der Waals surface area contributed by atoms with Gasteiger partial charge in [0.05, 0.1) is 15.2 Å². The number of rotatable bonds is 4. The SMILES string of the molecule is Cc1ccc(C(=O)NCCc2nc3ccccc3s2)cc1C. The maximum atomic E-state index is 12.1. The Morgan fingerprint density at radius 3 is 2.73 bits per heavy atom. The van der Waals surface area contributed by atoms with E-state index in [2.05, 4.69) is 16.4 Å². The zero-order valence-corrected chi connectivity index (χ0v) is 13.5. The van der Waals surface area contributed by atoms with E-state index in [0.717, 1.165) is 22.5 Å². The number of hydrogen-bond donors (Lipinski definition) is 1. The van der Waals surface area contributed by atoms with E-state index in [9.17, 15) is 4.79 Å². The summed E-state index contributed by atoms with van der Waals surface area (Å²) in [5.41, 5.74) is 4.08. The number of carbonyl (C=O) groups excluding carboxylic acids is 1. The second kappa shape index (κ2) is 6.28. The molecule has 2 aromatic carbocycles. The highest BCUT2D eigenvalue weighted by Crippen LogP contribution is 2.21. The fourth-order valence-corrected chi connectivity index (χ4v) is 3.26. The molecule has 1 amide bonds. The van der Waals surface area contributed by atoms with Gasteiger partial charge in [0.1, 0.15) is 0 Å². The molecule has 3 aromatic rings. The first kappa shape index (κ1) is 14.7. The van der Waals surface area contributed by atoms with Gasteiger partial charge in [0.2, 0.25) is 0 Å². The quantitative estimate of drug-likeness (QED) is 0.794. The third kappa shape index (κ3) is 3.17. The lowest BCUT2D eigenvalue weighted by Gasteiger charge is -2.06. The van der Waals surface area contributed by atoms with Gasteiger partial charge in [-0.2, -0.15) is 0 Å². The van der Waals surface area contributed by atoms with Gasteiger partial charge in [-0.05, 0) is 49.2 Å². The zero-order valence-electron chi connectivity index (χ0n) is 12.7. The van der Waals surface area contributed by atoms with Gasteiger partial charge in [0, 0.05) is 18.5 Å². The van der Waals surface area contributed by atoms with E-state index in [0.29, 0.717) is 12.1 Å². The maximum absolute atomic E-state index is 12.1. The summed E-state index contributed by atoms with van der Waals surface area (Å²) in [4.78, 5) is 16.7. The van der Waals surface area contributed by atoms with Crippen molar-refractivity contribution >= 4 is 27.5 Å². The minimum atomic E-state index is -0.0239. The van der Waals surface area contributed by atoms with Gasteiger partial charge >= 0.3 is 0 Å². The Bertz CT molecular complexity index is 790. The summed E-state index contributed by atoms with van der Waals surface area (Å²) in [5.74, 6) is -0.0239. The number of thiazole rings is 1. The van der Waals surface area contributed by atoms with Gasteiger partial charge in [0.15, 0.2) is 0 Å². The van der Waals surface area contributed by atoms with Crippen LogP contribution in [-0.2, 0) is 6.42 Å². The monoisotopic (exact) mass is 310 g/mol. The molecule has 0 spiro atoms. The molecule has 3 nitrogen and oxygen atoms in total. The molecule has 0 saturated heterocycles. The highest BCUT2D eigenvalue weighted by molar-refractivity contribution is 7.18. The summed E-state index contributed by atoms with van der Waals surface area (Å²) < 4.78 is 1.19. The third-order valence-electron chi connectivity index (χ3n) is 3.73. The molecule has 0 atom stereocenters. The van der Waals surface area contributed by atoms with Crippen LogP contribution in [0.3, 0.4) is 0 Å². The van der Waals surface area contributed by atoms with Crippen LogP contribution in [0.15, 0.2) is 42.5 Å². The average molecular weight is 310 g/mol. The number of aryl methyl sites for hydroxylation is 2. The van der Waals surface area contributed by atoms with Gasteiger partial charge in [-0.1, -0.05) is 18.2 Å². The first-order valence-electron chi connectivity index (χ1n) is 7.33. The Morgan fingerprint density at radius 2 is 1.95 bits per heavy atom. The zero-order chi connectivity index (χ0) is 15.5. The average Bonchev–Trinajstić information content (AvgIpc) is 2.92. The number of amides is 1. The Labute approximate surface area is 134 Å². The van der Waals surface area contributed by atoms with Crippen LogP contribution in [0.5, 0.6) is 0 Å². The number of carbonyl (C=O) groups is 1. The first-order valence-corrected chi connectivity index (χ1v) is 8.15. The molecule has 4 heteroatoms. The number of aromatic nitrogens is 1. The van der Waals surface area contributed by atoms with Crippen molar-refractivity contribution in [2.45, 2.75) is 20.3 Å². The highest BCUT2D eigenvalue weighted by Gasteiger charge is 2.07. The molecular weight excluding hydrogens is 292 g/mol. The Balaban J connectivity index is 1.60. The molecular formula is C18H18N2OS. The highest BCUT2D eigenvalue weighted by atomic mass is 32.1. The largest absolute Gasteiger partial charge is 0.352 e. The van der Waals surface area contributed by atoms with Gasteiger partial charge < -0.3 is 5.32 Å². The second-order valence-electron chi connectivity index (χ2n) is 5.38. The van der Waals surface area contributed by atoms with E-state index in [1.165, 1.54) is 10.3 Å². The van der Waals surface area contributed by atoms with E-state index in [-0.39, 0.29) is 5.91 Å². The lowest BCUT2D eigenvalue weighted by Crippen LogP contribution is -2.25. The molecule has 1 heterocycles. The summed E-state index contributed by atoms with van der Waals surface area (Å²) >= 11 is 1.69. The summed E-state index contributed by atoms with van der Waals surface area (Å²) in [6, 6.07) is 13.9. The second-order valence-corrected chi connectivity index (χ2v) is 6.50. The van der Waals surface area contributed by atoms with Crippen molar-refractivity contribution in [2.75, 3.05) is 6.54 Å².